The summed E-state index contributed by atoms with van der Waals surface area (Å²) in [5.74, 6) is -0.818. The SMILES string of the molecule is Nc1cc2ccccc2cc1C(=O)O.Nc1ccc2ccccc2c1O. The van der Waals surface area contributed by atoms with Crippen molar-refractivity contribution in [1.82, 2.24) is 0 Å². The fraction of sp³-hybridized carbons (Fsp3) is 0. The first-order valence-electron chi connectivity index (χ1n) is 7.95. The average Bonchev–Trinajstić information content (AvgIpc) is 2.65. The highest BCUT2D eigenvalue weighted by Gasteiger charge is 2.08. The number of hydrogen-bond acceptors (Lipinski definition) is 4. The van der Waals surface area contributed by atoms with Crippen LogP contribution in [0.15, 0.2) is 72.8 Å². The van der Waals surface area contributed by atoms with Gasteiger partial charge in [0.2, 0.25) is 0 Å². The van der Waals surface area contributed by atoms with Gasteiger partial charge in [0.15, 0.2) is 0 Å². The highest BCUT2D eigenvalue weighted by Crippen LogP contribution is 2.29. The molecule has 0 aliphatic heterocycles. The Hall–Kier alpha value is -3.73. The summed E-state index contributed by atoms with van der Waals surface area (Å²) in [5.41, 5.74) is 12.0. The lowest BCUT2D eigenvalue weighted by Gasteiger charge is -2.03. The number of carboxylic acids is 1. The van der Waals surface area contributed by atoms with Gasteiger partial charge in [0.25, 0.3) is 0 Å². The molecule has 0 aromatic heterocycles. The number of rotatable bonds is 1. The van der Waals surface area contributed by atoms with E-state index in [2.05, 4.69) is 0 Å². The number of nitrogen functional groups attached to an aromatic ring is 2. The van der Waals surface area contributed by atoms with Crippen LogP contribution in [0.4, 0.5) is 11.4 Å². The Morgan fingerprint density at radius 2 is 1.31 bits per heavy atom. The molecule has 4 aromatic carbocycles. The number of carbonyl (C=O) groups is 1. The van der Waals surface area contributed by atoms with Gasteiger partial charge in [-0.25, -0.2) is 4.79 Å². The lowest BCUT2D eigenvalue weighted by molar-refractivity contribution is 0.0698. The molecule has 0 saturated carbocycles. The second-order valence-electron chi connectivity index (χ2n) is 5.82. The standard InChI is InChI=1S/C11H9NO2.C10H9NO/c12-10-6-8-4-2-1-3-7(8)5-9(10)11(13)14;11-9-6-5-7-3-1-2-4-8(7)10(9)12/h1-6H,12H2,(H,13,14);1-6,12H,11H2. The molecule has 0 unspecified atom stereocenters. The van der Waals surface area contributed by atoms with Gasteiger partial charge in [0.05, 0.1) is 11.3 Å². The number of benzene rings is 4. The van der Waals surface area contributed by atoms with E-state index >= 15 is 0 Å². The van der Waals surface area contributed by atoms with Crippen molar-refractivity contribution in [3.63, 3.8) is 0 Å². The molecule has 0 bridgehead atoms. The molecule has 26 heavy (non-hydrogen) atoms. The summed E-state index contributed by atoms with van der Waals surface area (Å²) in [7, 11) is 0. The monoisotopic (exact) mass is 346 g/mol. The molecule has 0 spiro atoms. The Kier molecular flexibility index (Phi) is 4.62. The molecule has 0 heterocycles. The van der Waals surface area contributed by atoms with Crippen molar-refractivity contribution in [3.8, 4) is 5.75 Å². The Morgan fingerprint density at radius 3 is 1.96 bits per heavy atom. The Bertz CT molecular complexity index is 1110. The van der Waals surface area contributed by atoms with Gasteiger partial charge >= 0.3 is 5.97 Å². The zero-order valence-electron chi connectivity index (χ0n) is 13.9. The summed E-state index contributed by atoms with van der Waals surface area (Å²) < 4.78 is 0. The molecule has 4 rings (SSSR count). The van der Waals surface area contributed by atoms with Crippen LogP contribution in [0.2, 0.25) is 0 Å². The first kappa shape index (κ1) is 17.1. The zero-order valence-corrected chi connectivity index (χ0v) is 13.9. The Balaban J connectivity index is 0.000000152. The van der Waals surface area contributed by atoms with E-state index in [1.54, 1.807) is 18.2 Å². The van der Waals surface area contributed by atoms with Crippen molar-refractivity contribution < 1.29 is 15.0 Å². The maximum absolute atomic E-state index is 10.8. The fourth-order valence-corrected chi connectivity index (χ4v) is 2.72. The fourth-order valence-electron chi connectivity index (χ4n) is 2.72. The average molecular weight is 346 g/mol. The van der Waals surface area contributed by atoms with Gasteiger partial charge < -0.3 is 21.7 Å². The van der Waals surface area contributed by atoms with Crippen LogP contribution in [0.25, 0.3) is 21.5 Å². The highest BCUT2D eigenvalue weighted by molar-refractivity contribution is 6.00. The van der Waals surface area contributed by atoms with E-state index < -0.39 is 5.97 Å². The van der Waals surface area contributed by atoms with Crippen LogP contribution >= 0.6 is 0 Å². The van der Waals surface area contributed by atoms with Gasteiger partial charge in [-0.2, -0.15) is 0 Å². The normalized spacial score (nSPS) is 10.3. The number of anilines is 2. The molecular formula is C21H18N2O3. The van der Waals surface area contributed by atoms with Crippen LogP contribution in [0.5, 0.6) is 5.75 Å². The summed E-state index contributed by atoms with van der Waals surface area (Å²) in [5, 5.41) is 22.0. The molecule has 0 radical (unpaired) electrons. The van der Waals surface area contributed by atoms with Crippen molar-refractivity contribution >= 4 is 38.9 Å². The lowest BCUT2D eigenvalue weighted by atomic mass is 10.1. The van der Waals surface area contributed by atoms with Crippen LogP contribution in [0.1, 0.15) is 10.4 Å². The number of hydrogen-bond donors (Lipinski definition) is 4. The highest BCUT2D eigenvalue weighted by atomic mass is 16.4. The predicted octanol–water partition coefficient (Wildman–Crippen LogP) is 4.25. The van der Waals surface area contributed by atoms with E-state index in [0.29, 0.717) is 11.4 Å². The second-order valence-corrected chi connectivity index (χ2v) is 5.82. The molecule has 0 atom stereocenters. The van der Waals surface area contributed by atoms with Crippen molar-refractivity contribution in [2.45, 2.75) is 0 Å². The second kappa shape index (κ2) is 7.03. The van der Waals surface area contributed by atoms with E-state index in [9.17, 15) is 9.90 Å². The Labute approximate surface area is 150 Å². The van der Waals surface area contributed by atoms with E-state index in [0.717, 1.165) is 21.5 Å². The molecule has 6 N–H and O–H groups in total. The predicted molar refractivity (Wildman–Crippen MR) is 105 cm³/mol. The summed E-state index contributed by atoms with van der Waals surface area (Å²) in [6.07, 6.45) is 0. The van der Waals surface area contributed by atoms with E-state index in [1.807, 2.05) is 54.6 Å². The number of phenolic OH excluding ortho intramolecular Hbond substituents is 1. The van der Waals surface area contributed by atoms with Crippen LogP contribution in [-0.4, -0.2) is 16.2 Å². The molecular weight excluding hydrogens is 328 g/mol. The maximum atomic E-state index is 10.8. The minimum absolute atomic E-state index is 0.156. The first-order valence-corrected chi connectivity index (χ1v) is 7.95. The summed E-state index contributed by atoms with van der Waals surface area (Å²) in [6, 6.07) is 22.0. The minimum Gasteiger partial charge on any atom is -0.505 e. The summed E-state index contributed by atoms with van der Waals surface area (Å²) in [4.78, 5) is 10.8. The molecule has 0 fully saturated rings. The Morgan fingerprint density at radius 1 is 0.731 bits per heavy atom. The van der Waals surface area contributed by atoms with Gasteiger partial charge in [-0.05, 0) is 34.4 Å². The van der Waals surface area contributed by atoms with Crippen molar-refractivity contribution in [2.24, 2.45) is 0 Å². The van der Waals surface area contributed by atoms with Crippen LogP contribution in [0.3, 0.4) is 0 Å². The van der Waals surface area contributed by atoms with Crippen LogP contribution < -0.4 is 11.5 Å². The van der Waals surface area contributed by atoms with Crippen molar-refractivity contribution in [3.05, 3.63) is 78.4 Å². The van der Waals surface area contributed by atoms with E-state index in [-0.39, 0.29) is 11.3 Å². The molecule has 130 valence electrons. The van der Waals surface area contributed by atoms with Gasteiger partial charge in [-0.15, -0.1) is 0 Å². The van der Waals surface area contributed by atoms with Crippen molar-refractivity contribution in [2.75, 3.05) is 11.5 Å². The van der Waals surface area contributed by atoms with Gasteiger partial charge in [0.1, 0.15) is 5.75 Å². The third kappa shape index (κ3) is 3.37. The van der Waals surface area contributed by atoms with Gasteiger partial charge in [0, 0.05) is 11.1 Å². The third-order valence-electron chi connectivity index (χ3n) is 4.08. The molecule has 4 aromatic rings. The molecule has 0 aliphatic carbocycles. The molecule has 0 amide bonds. The van der Waals surface area contributed by atoms with Crippen LogP contribution in [0, 0.1) is 0 Å². The number of fused-ring (bicyclic) bond motifs is 2. The smallest absolute Gasteiger partial charge is 0.337 e. The zero-order chi connectivity index (χ0) is 18.7. The largest absolute Gasteiger partial charge is 0.505 e. The summed E-state index contributed by atoms with van der Waals surface area (Å²) >= 11 is 0. The van der Waals surface area contributed by atoms with E-state index in [4.69, 9.17) is 16.6 Å². The molecule has 0 saturated heterocycles. The number of aromatic carboxylic acids is 1. The number of carboxylic acid groups (broad SMARTS) is 1. The number of nitrogens with two attached hydrogens (primary N) is 2. The molecule has 5 nitrogen and oxygen atoms in total. The quantitative estimate of drug-likeness (QED) is 0.304. The molecule has 0 aliphatic rings. The topological polar surface area (TPSA) is 110 Å². The number of aromatic hydroxyl groups is 1. The van der Waals surface area contributed by atoms with Gasteiger partial charge in [-0.3, -0.25) is 0 Å². The first-order chi connectivity index (χ1) is 12.5. The third-order valence-corrected chi connectivity index (χ3v) is 4.08. The van der Waals surface area contributed by atoms with E-state index in [1.165, 1.54) is 0 Å². The maximum Gasteiger partial charge on any atom is 0.337 e. The minimum atomic E-state index is -0.992. The van der Waals surface area contributed by atoms with Gasteiger partial charge in [-0.1, -0.05) is 54.6 Å². The van der Waals surface area contributed by atoms with Crippen molar-refractivity contribution in [1.29, 1.82) is 0 Å². The number of phenols is 1. The van der Waals surface area contributed by atoms with Crippen LogP contribution in [-0.2, 0) is 0 Å². The summed E-state index contributed by atoms with van der Waals surface area (Å²) in [6.45, 7) is 0. The lowest BCUT2D eigenvalue weighted by Crippen LogP contribution is -2.01. The molecule has 5 heteroatoms.